The highest BCUT2D eigenvalue weighted by atomic mass is 35.5. The topological polar surface area (TPSA) is 75.7 Å². The zero-order valence-electron chi connectivity index (χ0n) is 14.9. The molecule has 0 heterocycles. The van der Waals surface area contributed by atoms with Crippen LogP contribution in [0.2, 0.25) is 10.0 Å². The molecule has 0 aromatic heterocycles. The number of carbonyl (C=O) groups is 3. The van der Waals surface area contributed by atoms with Crippen molar-refractivity contribution in [1.29, 1.82) is 0 Å². The Kier molecular flexibility index (Phi) is 7.78. The zero-order chi connectivity index (χ0) is 20.7. The first-order valence-electron chi connectivity index (χ1n) is 8.13. The predicted octanol–water partition coefficient (Wildman–Crippen LogP) is 3.32. The Morgan fingerprint density at radius 2 is 1.75 bits per heavy atom. The molecule has 2 rings (SSSR count). The molecule has 0 saturated heterocycles. The van der Waals surface area contributed by atoms with E-state index in [1.807, 2.05) is 0 Å². The first-order valence-corrected chi connectivity index (χ1v) is 8.89. The first kappa shape index (κ1) is 21.7. The van der Waals surface area contributed by atoms with Crippen molar-refractivity contribution in [2.75, 3.05) is 25.5 Å². The lowest BCUT2D eigenvalue weighted by Gasteiger charge is -2.16. The van der Waals surface area contributed by atoms with E-state index in [9.17, 15) is 18.8 Å². The van der Waals surface area contributed by atoms with Gasteiger partial charge >= 0.3 is 5.97 Å². The molecule has 148 valence electrons. The summed E-state index contributed by atoms with van der Waals surface area (Å²) >= 11 is 11.7. The number of rotatable bonds is 7. The number of nitrogens with zero attached hydrogens (tertiary/aromatic N) is 1. The van der Waals surface area contributed by atoms with E-state index in [2.05, 4.69) is 5.32 Å². The molecule has 1 N–H and O–H groups in total. The molecule has 6 nitrogen and oxygen atoms in total. The van der Waals surface area contributed by atoms with Crippen LogP contribution in [-0.2, 0) is 25.5 Å². The lowest BCUT2D eigenvalue weighted by molar-refractivity contribution is -0.151. The molecule has 0 saturated carbocycles. The standard InChI is InChI=1S/C19H17Cl2FN2O4/c1-24(10-17(25)23-14-5-3-13(22)4-6-14)18(26)11-28-19(27)9-12-2-7-15(20)16(21)8-12/h2-8H,9-11H2,1H3,(H,23,25). The largest absolute Gasteiger partial charge is 0.455 e. The fourth-order valence-electron chi connectivity index (χ4n) is 2.16. The van der Waals surface area contributed by atoms with Gasteiger partial charge in [0.15, 0.2) is 6.61 Å². The molecule has 0 aliphatic carbocycles. The number of carbonyl (C=O) groups excluding carboxylic acids is 3. The summed E-state index contributed by atoms with van der Waals surface area (Å²) in [6.45, 7) is -0.749. The number of hydrogen-bond acceptors (Lipinski definition) is 4. The third kappa shape index (κ3) is 6.83. The Morgan fingerprint density at radius 3 is 2.39 bits per heavy atom. The zero-order valence-corrected chi connectivity index (χ0v) is 16.4. The summed E-state index contributed by atoms with van der Waals surface area (Å²) in [6, 6.07) is 9.95. The van der Waals surface area contributed by atoms with Gasteiger partial charge in [-0.05, 0) is 42.0 Å². The third-order valence-corrected chi connectivity index (χ3v) is 4.36. The van der Waals surface area contributed by atoms with E-state index in [1.54, 1.807) is 18.2 Å². The van der Waals surface area contributed by atoms with E-state index in [-0.39, 0.29) is 13.0 Å². The molecule has 0 aliphatic rings. The van der Waals surface area contributed by atoms with Gasteiger partial charge < -0.3 is 15.0 Å². The summed E-state index contributed by atoms with van der Waals surface area (Å²) in [7, 11) is 1.40. The average Bonchev–Trinajstić information content (AvgIpc) is 2.64. The molecular weight excluding hydrogens is 410 g/mol. The van der Waals surface area contributed by atoms with E-state index in [0.717, 1.165) is 4.90 Å². The molecule has 0 radical (unpaired) electrons. The molecule has 2 aromatic rings. The SMILES string of the molecule is CN(CC(=O)Nc1ccc(F)cc1)C(=O)COC(=O)Cc1ccc(Cl)c(Cl)c1. The number of hydrogen-bond donors (Lipinski definition) is 1. The second-order valence-corrected chi connectivity index (χ2v) is 6.71. The van der Waals surface area contributed by atoms with E-state index >= 15 is 0 Å². The molecular formula is C19H17Cl2FN2O4. The minimum absolute atomic E-state index is 0.0705. The summed E-state index contributed by atoms with van der Waals surface area (Å²) in [5.74, 6) is -2.05. The van der Waals surface area contributed by atoms with Gasteiger partial charge in [0.25, 0.3) is 5.91 Å². The Morgan fingerprint density at radius 1 is 1.07 bits per heavy atom. The number of ether oxygens (including phenoxy) is 1. The Labute approximate surface area is 171 Å². The van der Waals surface area contributed by atoms with Gasteiger partial charge in [-0.25, -0.2) is 4.39 Å². The lowest BCUT2D eigenvalue weighted by atomic mass is 10.1. The number of esters is 1. The summed E-state index contributed by atoms with van der Waals surface area (Å²) in [6.07, 6.45) is -0.0705. The van der Waals surface area contributed by atoms with Gasteiger partial charge in [0.05, 0.1) is 23.0 Å². The van der Waals surface area contributed by atoms with Crippen LogP contribution in [0.4, 0.5) is 10.1 Å². The minimum Gasteiger partial charge on any atom is -0.455 e. The van der Waals surface area contributed by atoms with Gasteiger partial charge in [0.1, 0.15) is 5.82 Å². The molecule has 0 spiro atoms. The highest BCUT2D eigenvalue weighted by Gasteiger charge is 2.16. The van der Waals surface area contributed by atoms with Crippen molar-refractivity contribution in [3.05, 3.63) is 63.9 Å². The Balaban J connectivity index is 1.76. The van der Waals surface area contributed by atoms with Crippen LogP contribution in [-0.4, -0.2) is 42.9 Å². The normalized spacial score (nSPS) is 10.3. The van der Waals surface area contributed by atoms with Crippen molar-refractivity contribution in [3.8, 4) is 0 Å². The highest BCUT2D eigenvalue weighted by Crippen LogP contribution is 2.22. The smallest absolute Gasteiger partial charge is 0.310 e. The van der Waals surface area contributed by atoms with Gasteiger partial charge in [-0.3, -0.25) is 14.4 Å². The summed E-state index contributed by atoms with van der Waals surface area (Å²) in [4.78, 5) is 36.9. The first-order chi connectivity index (χ1) is 13.2. The summed E-state index contributed by atoms with van der Waals surface area (Å²) in [5, 5.41) is 3.22. The van der Waals surface area contributed by atoms with Gasteiger partial charge in [-0.15, -0.1) is 0 Å². The van der Waals surface area contributed by atoms with Crippen molar-refractivity contribution < 1.29 is 23.5 Å². The predicted molar refractivity (Wildman–Crippen MR) is 104 cm³/mol. The van der Waals surface area contributed by atoms with E-state index in [1.165, 1.54) is 31.3 Å². The van der Waals surface area contributed by atoms with Crippen LogP contribution in [0, 0.1) is 5.82 Å². The maximum Gasteiger partial charge on any atom is 0.310 e. The minimum atomic E-state index is -0.615. The van der Waals surface area contributed by atoms with Crippen LogP contribution in [0.15, 0.2) is 42.5 Å². The number of nitrogens with one attached hydrogen (secondary N) is 1. The van der Waals surface area contributed by atoms with Crippen LogP contribution in [0.1, 0.15) is 5.56 Å². The second kappa shape index (κ2) is 10.1. The molecule has 28 heavy (non-hydrogen) atoms. The van der Waals surface area contributed by atoms with Crippen LogP contribution >= 0.6 is 23.2 Å². The summed E-state index contributed by atoms with van der Waals surface area (Å²) in [5.41, 5.74) is 0.999. The fourth-order valence-corrected chi connectivity index (χ4v) is 2.48. The quantitative estimate of drug-likeness (QED) is 0.688. The number of anilines is 1. The lowest BCUT2D eigenvalue weighted by Crippen LogP contribution is -2.37. The molecule has 0 unspecified atom stereocenters. The number of halogens is 3. The van der Waals surface area contributed by atoms with Crippen molar-refractivity contribution in [2.45, 2.75) is 6.42 Å². The van der Waals surface area contributed by atoms with Crippen molar-refractivity contribution >= 4 is 46.7 Å². The van der Waals surface area contributed by atoms with Crippen molar-refractivity contribution in [3.63, 3.8) is 0 Å². The van der Waals surface area contributed by atoms with E-state index < -0.39 is 30.2 Å². The molecule has 0 fully saturated rings. The number of likely N-dealkylation sites (N-methyl/N-ethyl adjacent to an activating group) is 1. The molecule has 0 aliphatic heterocycles. The monoisotopic (exact) mass is 426 g/mol. The number of amides is 2. The van der Waals surface area contributed by atoms with Gasteiger partial charge in [0.2, 0.25) is 5.91 Å². The van der Waals surface area contributed by atoms with E-state index in [4.69, 9.17) is 27.9 Å². The highest BCUT2D eigenvalue weighted by molar-refractivity contribution is 6.42. The molecule has 0 atom stereocenters. The van der Waals surface area contributed by atoms with Gasteiger partial charge in [-0.2, -0.15) is 0 Å². The Hall–Kier alpha value is -2.64. The third-order valence-electron chi connectivity index (χ3n) is 3.62. The maximum absolute atomic E-state index is 12.8. The molecule has 2 amide bonds. The Bertz CT molecular complexity index is 875. The van der Waals surface area contributed by atoms with Gasteiger partial charge in [0, 0.05) is 12.7 Å². The number of benzene rings is 2. The maximum atomic E-state index is 12.8. The van der Waals surface area contributed by atoms with Crippen LogP contribution in [0.3, 0.4) is 0 Å². The molecule has 2 aromatic carbocycles. The van der Waals surface area contributed by atoms with Crippen molar-refractivity contribution in [2.24, 2.45) is 0 Å². The van der Waals surface area contributed by atoms with Gasteiger partial charge in [-0.1, -0.05) is 29.3 Å². The second-order valence-electron chi connectivity index (χ2n) is 5.89. The fraction of sp³-hybridized carbons (Fsp3) is 0.211. The van der Waals surface area contributed by atoms with Crippen molar-refractivity contribution in [1.82, 2.24) is 4.90 Å². The molecule has 0 bridgehead atoms. The van der Waals surface area contributed by atoms with Crippen LogP contribution in [0.25, 0.3) is 0 Å². The molecule has 9 heteroatoms. The average molecular weight is 427 g/mol. The van der Waals surface area contributed by atoms with Crippen LogP contribution < -0.4 is 5.32 Å². The summed E-state index contributed by atoms with van der Waals surface area (Å²) < 4.78 is 17.8. The van der Waals surface area contributed by atoms with Crippen LogP contribution in [0.5, 0.6) is 0 Å². The van der Waals surface area contributed by atoms with E-state index in [0.29, 0.717) is 21.3 Å².